The summed E-state index contributed by atoms with van der Waals surface area (Å²) in [5.41, 5.74) is 10.7. The van der Waals surface area contributed by atoms with Gasteiger partial charge in [-0.15, -0.1) is 0 Å². The molecule has 4 heteroatoms. The highest BCUT2D eigenvalue weighted by Crippen LogP contribution is 2.37. The van der Waals surface area contributed by atoms with Gasteiger partial charge in [-0.1, -0.05) is 72.8 Å². The number of fused-ring (bicyclic) bond motifs is 3. The van der Waals surface area contributed by atoms with E-state index in [9.17, 15) is 0 Å². The zero-order chi connectivity index (χ0) is 26.3. The fraction of sp³-hybridized carbons (Fsp3) is 0.0571. The van der Waals surface area contributed by atoms with Crippen molar-refractivity contribution in [2.75, 3.05) is 0 Å². The van der Waals surface area contributed by atoms with Crippen molar-refractivity contribution in [1.29, 1.82) is 0 Å². The number of furan rings is 1. The van der Waals surface area contributed by atoms with Crippen LogP contribution in [0.3, 0.4) is 0 Å². The molecule has 4 heterocycles. The average molecular weight is 505 g/mol. The minimum Gasteiger partial charge on any atom is -0.437 e. The molecule has 0 N–H and O–H groups in total. The molecular weight excluding hydrogens is 478 g/mol. The maximum Gasteiger partial charge on any atom is 0.227 e. The van der Waals surface area contributed by atoms with E-state index in [1.54, 1.807) is 0 Å². The molecule has 4 nitrogen and oxygen atoms in total. The first-order valence-corrected chi connectivity index (χ1v) is 13.1. The summed E-state index contributed by atoms with van der Waals surface area (Å²) < 4.78 is 8.65. The molecule has 186 valence electrons. The third-order valence-electron chi connectivity index (χ3n) is 7.29. The number of aryl methyl sites for hydroxylation is 2. The van der Waals surface area contributed by atoms with E-state index in [2.05, 4.69) is 97.5 Å². The second kappa shape index (κ2) is 9.34. The molecule has 4 aromatic heterocycles. The monoisotopic (exact) mass is 504 g/mol. The molecule has 0 atom stereocenters. The van der Waals surface area contributed by atoms with Gasteiger partial charge in [0.15, 0.2) is 11.8 Å². The predicted molar refractivity (Wildman–Crippen MR) is 157 cm³/mol. The van der Waals surface area contributed by atoms with Gasteiger partial charge in [-0.2, -0.15) is 0 Å². The molecule has 0 radical (unpaired) electrons. The van der Waals surface area contributed by atoms with Crippen LogP contribution in [0.4, 0.5) is 0 Å². The summed E-state index contributed by atoms with van der Waals surface area (Å²) in [7, 11) is 2.06. The van der Waals surface area contributed by atoms with E-state index in [-0.39, 0.29) is 0 Å². The summed E-state index contributed by atoms with van der Waals surface area (Å²) >= 11 is 0. The molecule has 0 aliphatic rings. The van der Waals surface area contributed by atoms with Crippen LogP contribution < -0.4 is 4.57 Å². The van der Waals surface area contributed by atoms with Crippen LogP contribution in [0.2, 0.25) is 0 Å². The van der Waals surface area contributed by atoms with E-state index >= 15 is 0 Å². The fourth-order valence-electron chi connectivity index (χ4n) is 5.27. The van der Waals surface area contributed by atoms with Crippen molar-refractivity contribution >= 4 is 22.1 Å². The second-order valence-electron chi connectivity index (χ2n) is 9.84. The van der Waals surface area contributed by atoms with Crippen LogP contribution in [0.15, 0.2) is 126 Å². The molecule has 0 saturated heterocycles. The Morgan fingerprint density at radius 3 is 1.90 bits per heavy atom. The zero-order valence-corrected chi connectivity index (χ0v) is 21.8. The highest BCUT2D eigenvalue weighted by atomic mass is 16.3. The van der Waals surface area contributed by atoms with Crippen LogP contribution in [0.25, 0.3) is 67.1 Å². The first-order chi connectivity index (χ1) is 19.2. The number of nitrogens with zero attached hydrogens (tertiary/aromatic N) is 3. The van der Waals surface area contributed by atoms with Crippen molar-refractivity contribution < 1.29 is 8.98 Å². The molecule has 0 fully saturated rings. The van der Waals surface area contributed by atoms with E-state index in [4.69, 9.17) is 14.4 Å². The first kappa shape index (κ1) is 23.1. The lowest BCUT2D eigenvalue weighted by Crippen LogP contribution is -2.30. The van der Waals surface area contributed by atoms with E-state index in [0.29, 0.717) is 5.71 Å². The topological polar surface area (TPSA) is 42.8 Å². The average Bonchev–Trinajstić information content (AvgIpc) is 3.36. The Morgan fingerprint density at radius 1 is 0.590 bits per heavy atom. The quantitative estimate of drug-likeness (QED) is 0.227. The highest BCUT2D eigenvalue weighted by Gasteiger charge is 2.21. The van der Waals surface area contributed by atoms with Gasteiger partial charge in [0.05, 0.1) is 22.6 Å². The molecule has 7 rings (SSSR count). The minimum atomic E-state index is 0.632. The van der Waals surface area contributed by atoms with Gasteiger partial charge >= 0.3 is 0 Å². The maximum absolute atomic E-state index is 6.53. The standard InChI is InChI=1S/C35H26N3O/c1-23-16-17-27-28-18-19-29(37-35(28)39-34(27)33(23)32-15-9-10-20-38(32)2)26-21-30(24-11-5-3-6-12-24)36-31(22-26)25-13-7-4-8-14-25/h3-22H,1-2H3/q+1. The van der Waals surface area contributed by atoms with Crippen molar-refractivity contribution in [1.82, 2.24) is 9.97 Å². The van der Waals surface area contributed by atoms with E-state index < -0.39 is 0 Å². The summed E-state index contributed by atoms with van der Waals surface area (Å²) in [5.74, 6) is 0. The number of aromatic nitrogens is 3. The molecule has 0 saturated carbocycles. The lowest BCUT2D eigenvalue weighted by molar-refractivity contribution is -0.660. The predicted octanol–water partition coefficient (Wildman–Crippen LogP) is 8.18. The lowest BCUT2D eigenvalue weighted by Gasteiger charge is -2.10. The smallest absolute Gasteiger partial charge is 0.227 e. The number of rotatable bonds is 4. The molecular formula is C35H26N3O+. The maximum atomic E-state index is 6.53. The van der Waals surface area contributed by atoms with Crippen molar-refractivity contribution in [3.05, 3.63) is 127 Å². The van der Waals surface area contributed by atoms with Crippen molar-refractivity contribution in [3.63, 3.8) is 0 Å². The molecule has 0 spiro atoms. The summed E-state index contributed by atoms with van der Waals surface area (Å²) in [6, 6.07) is 39.5. The number of benzene rings is 3. The van der Waals surface area contributed by atoms with Gasteiger partial charge in [0.25, 0.3) is 0 Å². The van der Waals surface area contributed by atoms with Gasteiger partial charge in [0.1, 0.15) is 7.05 Å². The molecule has 3 aromatic carbocycles. The number of hydrogen-bond acceptors (Lipinski definition) is 3. The van der Waals surface area contributed by atoms with Crippen molar-refractivity contribution in [2.45, 2.75) is 6.92 Å². The third kappa shape index (κ3) is 4.07. The molecule has 0 amide bonds. The van der Waals surface area contributed by atoms with Crippen molar-refractivity contribution in [2.24, 2.45) is 7.05 Å². The van der Waals surface area contributed by atoms with E-state index in [0.717, 1.165) is 66.9 Å². The molecule has 0 bridgehead atoms. The number of hydrogen-bond donors (Lipinski definition) is 0. The van der Waals surface area contributed by atoms with Gasteiger partial charge in [-0.3, -0.25) is 0 Å². The zero-order valence-electron chi connectivity index (χ0n) is 21.8. The summed E-state index contributed by atoms with van der Waals surface area (Å²) in [5, 5.41) is 2.08. The third-order valence-corrected chi connectivity index (χ3v) is 7.29. The summed E-state index contributed by atoms with van der Waals surface area (Å²) in [6.07, 6.45) is 2.06. The Morgan fingerprint density at radius 2 is 1.23 bits per heavy atom. The Kier molecular flexibility index (Phi) is 5.52. The largest absolute Gasteiger partial charge is 0.437 e. The highest BCUT2D eigenvalue weighted by molar-refractivity contribution is 6.09. The normalized spacial score (nSPS) is 11.3. The Hall–Kier alpha value is -5.09. The molecule has 0 aliphatic carbocycles. The Labute approximate surface area is 226 Å². The van der Waals surface area contributed by atoms with Crippen LogP contribution in [-0.4, -0.2) is 9.97 Å². The van der Waals surface area contributed by atoms with Crippen LogP contribution >= 0.6 is 0 Å². The Balaban J connectivity index is 1.43. The molecule has 0 unspecified atom stereocenters. The molecule has 39 heavy (non-hydrogen) atoms. The van der Waals surface area contributed by atoms with E-state index in [1.165, 1.54) is 0 Å². The van der Waals surface area contributed by atoms with Gasteiger partial charge in [-0.25, -0.2) is 14.5 Å². The van der Waals surface area contributed by atoms with Gasteiger partial charge in [0, 0.05) is 39.6 Å². The first-order valence-electron chi connectivity index (χ1n) is 13.1. The van der Waals surface area contributed by atoms with Crippen LogP contribution in [0, 0.1) is 6.92 Å². The fourth-order valence-corrected chi connectivity index (χ4v) is 5.27. The van der Waals surface area contributed by atoms with Crippen LogP contribution in [0.1, 0.15) is 5.56 Å². The molecule has 0 aliphatic heterocycles. The van der Waals surface area contributed by atoms with Gasteiger partial charge in [0.2, 0.25) is 11.4 Å². The second-order valence-corrected chi connectivity index (χ2v) is 9.84. The number of pyridine rings is 3. The summed E-state index contributed by atoms with van der Waals surface area (Å²) in [4.78, 5) is 10.0. The van der Waals surface area contributed by atoms with Gasteiger partial charge < -0.3 is 4.42 Å². The van der Waals surface area contributed by atoms with E-state index in [1.807, 2.05) is 42.5 Å². The summed E-state index contributed by atoms with van der Waals surface area (Å²) in [6.45, 7) is 2.13. The molecule has 7 aromatic rings. The lowest BCUT2D eigenvalue weighted by atomic mass is 10.0. The minimum absolute atomic E-state index is 0.632. The van der Waals surface area contributed by atoms with Crippen LogP contribution in [-0.2, 0) is 7.05 Å². The Bertz CT molecular complexity index is 1920. The van der Waals surface area contributed by atoms with Crippen molar-refractivity contribution in [3.8, 4) is 45.0 Å². The van der Waals surface area contributed by atoms with Gasteiger partial charge in [-0.05, 0) is 42.8 Å². The SMILES string of the molecule is Cc1ccc2c(oc3nc(-c4cc(-c5ccccc5)nc(-c5ccccc5)c4)ccc32)c1-c1cccc[n+]1C. The van der Waals surface area contributed by atoms with Crippen LogP contribution in [0.5, 0.6) is 0 Å².